The Morgan fingerprint density at radius 1 is 1.29 bits per heavy atom. The fourth-order valence-corrected chi connectivity index (χ4v) is 2.41. The Morgan fingerprint density at radius 3 is 2.48 bits per heavy atom. The van der Waals surface area contributed by atoms with E-state index in [0.717, 1.165) is 24.7 Å². The van der Waals surface area contributed by atoms with E-state index in [1.165, 1.54) is 19.7 Å². The average Bonchev–Trinajstić information content (AvgIpc) is 2.54. The molecule has 114 valence electrons. The first kappa shape index (κ1) is 15.7. The lowest BCUT2D eigenvalue weighted by Gasteiger charge is -2.28. The number of benzene rings is 1. The van der Waals surface area contributed by atoms with Gasteiger partial charge in [-0.15, -0.1) is 0 Å². The van der Waals surface area contributed by atoms with E-state index in [9.17, 15) is 9.18 Å². The number of halogens is 1. The first-order chi connectivity index (χ1) is 10.1. The minimum absolute atomic E-state index is 0.585. The number of piperidine rings is 1. The molecule has 0 saturated carbocycles. The van der Waals surface area contributed by atoms with E-state index in [1.807, 2.05) is 18.2 Å². The zero-order chi connectivity index (χ0) is 15.2. The molecule has 0 spiro atoms. The number of rotatable bonds is 4. The highest BCUT2D eigenvalue weighted by atomic mass is 19.1. The highest BCUT2D eigenvalue weighted by Crippen LogP contribution is 2.23. The Morgan fingerprint density at radius 2 is 1.90 bits per heavy atom. The smallest absolute Gasteiger partial charge is 0.298 e. The van der Waals surface area contributed by atoms with Gasteiger partial charge in [0.2, 0.25) is 0 Å². The van der Waals surface area contributed by atoms with Crippen LogP contribution in [0.25, 0.3) is 0 Å². The van der Waals surface area contributed by atoms with Gasteiger partial charge >= 0.3 is 5.91 Å². The van der Waals surface area contributed by atoms with E-state index in [0.29, 0.717) is 18.4 Å². The third-order valence-corrected chi connectivity index (χ3v) is 3.77. The van der Waals surface area contributed by atoms with Gasteiger partial charge in [-0.05, 0) is 24.0 Å². The SMILES string of the molecule is CON(C)C(=O)C(F)=C1CCN(Cc2ccccc2)CC1. The molecule has 21 heavy (non-hydrogen) atoms. The summed E-state index contributed by atoms with van der Waals surface area (Å²) in [5.74, 6) is -1.37. The molecular weight excluding hydrogens is 271 g/mol. The van der Waals surface area contributed by atoms with Gasteiger partial charge in [0.25, 0.3) is 0 Å². The summed E-state index contributed by atoms with van der Waals surface area (Å²) < 4.78 is 14.1. The third kappa shape index (κ3) is 4.12. The molecule has 0 radical (unpaired) electrons. The fraction of sp³-hybridized carbons (Fsp3) is 0.438. The van der Waals surface area contributed by atoms with Crippen LogP contribution in [0.15, 0.2) is 41.7 Å². The molecule has 1 heterocycles. The second-order valence-electron chi connectivity index (χ2n) is 5.16. The number of amides is 1. The van der Waals surface area contributed by atoms with Crippen molar-refractivity contribution in [2.24, 2.45) is 0 Å². The van der Waals surface area contributed by atoms with Crippen LogP contribution in [-0.2, 0) is 16.2 Å². The van der Waals surface area contributed by atoms with Crippen LogP contribution in [-0.4, -0.2) is 43.1 Å². The van der Waals surface area contributed by atoms with Crippen molar-refractivity contribution in [3.8, 4) is 0 Å². The number of nitrogens with zero attached hydrogens (tertiary/aromatic N) is 2. The van der Waals surface area contributed by atoms with Crippen molar-refractivity contribution < 1.29 is 14.0 Å². The van der Waals surface area contributed by atoms with Crippen molar-refractivity contribution in [3.05, 3.63) is 47.3 Å². The van der Waals surface area contributed by atoms with Crippen molar-refractivity contribution in [3.63, 3.8) is 0 Å². The van der Waals surface area contributed by atoms with E-state index < -0.39 is 11.7 Å². The molecule has 0 aliphatic carbocycles. The molecule has 4 nitrogen and oxygen atoms in total. The van der Waals surface area contributed by atoms with Crippen molar-refractivity contribution in [1.82, 2.24) is 9.96 Å². The third-order valence-electron chi connectivity index (χ3n) is 3.77. The van der Waals surface area contributed by atoms with Gasteiger partial charge in [-0.3, -0.25) is 14.5 Å². The number of likely N-dealkylation sites (tertiary alicyclic amines) is 1. The van der Waals surface area contributed by atoms with Gasteiger partial charge in [-0.1, -0.05) is 30.3 Å². The van der Waals surface area contributed by atoms with Crippen LogP contribution < -0.4 is 0 Å². The molecule has 1 aromatic rings. The van der Waals surface area contributed by atoms with Crippen molar-refractivity contribution in [2.45, 2.75) is 19.4 Å². The Bertz CT molecular complexity index is 506. The summed E-state index contributed by atoms with van der Waals surface area (Å²) in [6.07, 6.45) is 1.17. The van der Waals surface area contributed by atoms with Gasteiger partial charge < -0.3 is 0 Å². The van der Waals surface area contributed by atoms with Crippen LogP contribution in [0.4, 0.5) is 4.39 Å². The number of hydroxylamine groups is 2. The summed E-state index contributed by atoms with van der Waals surface area (Å²) in [6, 6.07) is 10.2. The van der Waals surface area contributed by atoms with Crippen LogP contribution in [0.1, 0.15) is 18.4 Å². The average molecular weight is 292 g/mol. The van der Waals surface area contributed by atoms with Gasteiger partial charge in [0, 0.05) is 26.7 Å². The zero-order valence-electron chi connectivity index (χ0n) is 12.5. The normalized spacial score (nSPS) is 15.9. The molecule has 0 bridgehead atoms. The van der Waals surface area contributed by atoms with E-state index in [1.54, 1.807) is 0 Å². The largest absolute Gasteiger partial charge is 0.305 e. The van der Waals surface area contributed by atoms with E-state index in [4.69, 9.17) is 4.84 Å². The molecule has 0 unspecified atom stereocenters. The summed E-state index contributed by atoms with van der Waals surface area (Å²) in [7, 11) is 2.76. The first-order valence-electron chi connectivity index (χ1n) is 7.07. The van der Waals surface area contributed by atoms with Crippen LogP contribution in [0, 0.1) is 0 Å². The number of hydrogen-bond acceptors (Lipinski definition) is 3. The number of carbonyl (C=O) groups excluding carboxylic acids is 1. The van der Waals surface area contributed by atoms with Crippen molar-refractivity contribution >= 4 is 5.91 Å². The molecule has 0 aromatic heterocycles. The van der Waals surface area contributed by atoms with Gasteiger partial charge in [0.05, 0.1) is 7.11 Å². The van der Waals surface area contributed by atoms with Crippen molar-refractivity contribution in [2.75, 3.05) is 27.2 Å². The van der Waals surface area contributed by atoms with Crippen LogP contribution in [0.5, 0.6) is 0 Å². The number of likely N-dealkylation sites (N-methyl/N-ethyl adjacent to an activating group) is 1. The first-order valence-corrected chi connectivity index (χ1v) is 7.07. The molecule has 5 heteroatoms. The van der Waals surface area contributed by atoms with Gasteiger partial charge in [-0.25, -0.2) is 9.45 Å². The van der Waals surface area contributed by atoms with E-state index in [-0.39, 0.29) is 0 Å². The Kier molecular flexibility index (Phi) is 5.47. The zero-order valence-corrected chi connectivity index (χ0v) is 12.5. The lowest BCUT2D eigenvalue weighted by molar-refractivity contribution is -0.165. The maximum atomic E-state index is 14.1. The van der Waals surface area contributed by atoms with Gasteiger partial charge in [0.1, 0.15) is 0 Å². The summed E-state index contributed by atoms with van der Waals surface area (Å²) in [4.78, 5) is 18.7. The molecule has 0 N–H and O–H groups in total. The molecule has 0 atom stereocenters. The number of carbonyl (C=O) groups is 1. The van der Waals surface area contributed by atoms with Gasteiger partial charge in [0.15, 0.2) is 5.83 Å². The second-order valence-corrected chi connectivity index (χ2v) is 5.16. The lowest BCUT2D eigenvalue weighted by atomic mass is 10.0. The molecule has 1 aromatic carbocycles. The quantitative estimate of drug-likeness (QED) is 0.631. The summed E-state index contributed by atoms with van der Waals surface area (Å²) in [5.41, 5.74) is 1.84. The minimum Gasteiger partial charge on any atom is -0.298 e. The Hall–Kier alpha value is -1.72. The Labute approximate surface area is 124 Å². The predicted octanol–water partition coefficient (Wildman–Crippen LogP) is 2.53. The maximum Gasteiger partial charge on any atom is 0.305 e. The number of hydrogen-bond donors (Lipinski definition) is 0. The monoisotopic (exact) mass is 292 g/mol. The fourth-order valence-electron chi connectivity index (χ4n) is 2.41. The maximum absolute atomic E-state index is 14.1. The van der Waals surface area contributed by atoms with E-state index in [2.05, 4.69) is 17.0 Å². The van der Waals surface area contributed by atoms with Crippen LogP contribution >= 0.6 is 0 Å². The lowest BCUT2D eigenvalue weighted by Crippen LogP contribution is -2.32. The summed E-state index contributed by atoms with van der Waals surface area (Å²) in [6.45, 7) is 2.39. The van der Waals surface area contributed by atoms with Gasteiger partial charge in [-0.2, -0.15) is 0 Å². The van der Waals surface area contributed by atoms with Crippen molar-refractivity contribution in [1.29, 1.82) is 0 Å². The molecule has 1 aliphatic rings. The highest BCUT2D eigenvalue weighted by molar-refractivity contribution is 5.91. The molecule has 1 saturated heterocycles. The second kappa shape index (κ2) is 7.33. The summed E-state index contributed by atoms with van der Waals surface area (Å²) in [5, 5.41) is 0.915. The molecule has 1 amide bonds. The topological polar surface area (TPSA) is 32.8 Å². The minimum atomic E-state index is -0.705. The highest BCUT2D eigenvalue weighted by Gasteiger charge is 2.23. The molecule has 2 rings (SSSR count). The van der Waals surface area contributed by atoms with E-state index >= 15 is 0 Å². The van der Waals surface area contributed by atoms with Crippen LogP contribution in [0.2, 0.25) is 0 Å². The standard InChI is InChI=1S/C16H21FN2O2/c1-18(21-2)16(20)15(17)14-8-10-19(11-9-14)12-13-6-4-3-5-7-13/h3-7H,8-12H2,1-2H3. The summed E-state index contributed by atoms with van der Waals surface area (Å²) >= 11 is 0. The molecule has 1 fully saturated rings. The molecular formula is C16H21FN2O2. The Balaban J connectivity index is 1.92. The predicted molar refractivity (Wildman–Crippen MR) is 78.9 cm³/mol. The van der Waals surface area contributed by atoms with Crippen LogP contribution in [0.3, 0.4) is 0 Å². The molecule has 1 aliphatic heterocycles.